The second-order valence-electron chi connectivity index (χ2n) is 5.33. The number of nitrogens with zero attached hydrogens (tertiary/aromatic N) is 3. The molecule has 0 aliphatic rings. The molecule has 3 rings (SSSR count). The average Bonchev–Trinajstić information content (AvgIpc) is 3.20. The van der Waals surface area contributed by atoms with Crippen molar-refractivity contribution in [2.75, 3.05) is 18.4 Å². The van der Waals surface area contributed by atoms with Gasteiger partial charge in [0.05, 0.1) is 0 Å². The molecule has 1 aromatic carbocycles. The lowest BCUT2D eigenvalue weighted by molar-refractivity contribution is -0.116. The number of hydrogen-bond acceptors (Lipinski definition) is 4. The monoisotopic (exact) mass is 333 g/mol. The minimum absolute atomic E-state index is 0.125. The predicted molar refractivity (Wildman–Crippen MR) is 98.3 cm³/mol. The van der Waals surface area contributed by atoms with Gasteiger partial charge in [-0.3, -0.25) is 4.79 Å². The number of benzene rings is 1. The molecule has 0 atom stereocenters. The smallest absolute Gasteiger partial charge is 0.244 e. The highest BCUT2D eigenvalue weighted by atomic mass is 16.1. The van der Waals surface area contributed by atoms with Crippen LogP contribution in [0.5, 0.6) is 0 Å². The van der Waals surface area contributed by atoms with Crippen molar-refractivity contribution in [3.63, 3.8) is 0 Å². The quantitative estimate of drug-likeness (QED) is 0.515. The molecule has 2 heterocycles. The maximum atomic E-state index is 11.7. The lowest BCUT2D eigenvalue weighted by Gasteiger charge is -2.06. The Bertz CT molecular complexity index is 811. The molecule has 0 saturated carbocycles. The van der Waals surface area contributed by atoms with Crippen molar-refractivity contribution < 1.29 is 4.79 Å². The van der Waals surface area contributed by atoms with Crippen molar-refractivity contribution in [1.82, 2.24) is 20.1 Å². The molecule has 25 heavy (non-hydrogen) atoms. The van der Waals surface area contributed by atoms with Crippen LogP contribution in [0.15, 0.2) is 73.1 Å². The van der Waals surface area contributed by atoms with E-state index in [1.807, 2.05) is 71.6 Å². The number of amides is 1. The fourth-order valence-electron chi connectivity index (χ4n) is 2.22. The summed E-state index contributed by atoms with van der Waals surface area (Å²) in [4.78, 5) is 11.7. The Morgan fingerprint density at radius 3 is 2.48 bits per heavy atom. The lowest BCUT2D eigenvalue weighted by Crippen LogP contribution is -2.27. The lowest BCUT2D eigenvalue weighted by atomic mass is 10.2. The summed E-state index contributed by atoms with van der Waals surface area (Å²) in [5.74, 6) is 1.31. The van der Waals surface area contributed by atoms with Crippen molar-refractivity contribution in [2.45, 2.75) is 0 Å². The minimum Gasteiger partial charge on any atom is -0.367 e. The first kappa shape index (κ1) is 16.4. The highest BCUT2D eigenvalue weighted by Crippen LogP contribution is 2.06. The molecule has 0 unspecified atom stereocenters. The molecule has 0 aliphatic heterocycles. The average molecular weight is 333 g/mol. The Morgan fingerprint density at radius 1 is 0.960 bits per heavy atom. The molecular formula is C19H19N5O. The molecule has 0 saturated heterocycles. The van der Waals surface area contributed by atoms with Gasteiger partial charge in [-0.15, -0.1) is 10.2 Å². The Hall–Kier alpha value is -3.41. The van der Waals surface area contributed by atoms with Crippen LogP contribution in [0, 0.1) is 0 Å². The summed E-state index contributed by atoms with van der Waals surface area (Å²) in [7, 11) is 0. The van der Waals surface area contributed by atoms with E-state index in [0.717, 1.165) is 11.4 Å². The highest BCUT2D eigenvalue weighted by molar-refractivity contribution is 5.91. The van der Waals surface area contributed by atoms with E-state index in [9.17, 15) is 4.79 Å². The SMILES string of the molecule is O=C(C=Cc1ccccc1)NCCNc1ccc(-n2cccc2)nn1. The first-order chi connectivity index (χ1) is 12.3. The van der Waals surface area contributed by atoms with Crippen LogP contribution in [0.4, 0.5) is 5.82 Å². The molecule has 126 valence electrons. The largest absolute Gasteiger partial charge is 0.367 e. The topological polar surface area (TPSA) is 71.8 Å². The molecule has 6 nitrogen and oxygen atoms in total. The summed E-state index contributed by atoms with van der Waals surface area (Å²) in [5.41, 5.74) is 0.994. The van der Waals surface area contributed by atoms with Crippen molar-refractivity contribution >= 4 is 17.8 Å². The molecule has 0 fully saturated rings. The molecular weight excluding hydrogens is 314 g/mol. The third-order valence-corrected chi connectivity index (χ3v) is 3.48. The van der Waals surface area contributed by atoms with Crippen LogP contribution in [-0.2, 0) is 4.79 Å². The van der Waals surface area contributed by atoms with Crippen molar-refractivity contribution in [1.29, 1.82) is 0 Å². The Kier molecular flexibility index (Phi) is 5.56. The minimum atomic E-state index is -0.125. The van der Waals surface area contributed by atoms with E-state index in [1.54, 1.807) is 6.08 Å². The van der Waals surface area contributed by atoms with Crippen LogP contribution in [0.1, 0.15) is 5.56 Å². The summed E-state index contributed by atoms with van der Waals surface area (Å²) < 4.78 is 1.88. The van der Waals surface area contributed by atoms with E-state index >= 15 is 0 Å². The number of nitrogens with one attached hydrogen (secondary N) is 2. The molecule has 1 amide bonds. The van der Waals surface area contributed by atoms with Gasteiger partial charge in [0.1, 0.15) is 5.82 Å². The molecule has 0 aliphatic carbocycles. The maximum Gasteiger partial charge on any atom is 0.244 e. The first-order valence-electron chi connectivity index (χ1n) is 8.03. The van der Waals surface area contributed by atoms with Crippen LogP contribution in [0.2, 0.25) is 0 Å². The molecule has 6 heteroatoms. The Balaban J connectivity index is 1.39. The predicted octanol–water partition coefficient (Wildman–Crippen LogP) is 2.51. The van der Waals surface area contributed by atoms with Gasteiger partial charge in [-0.25, -0.2) is 0 Å². The first-order valence-corrected chi connectivity index (χ1v) is 8.03. The van der Waals surface area contributed by atoms with Crippen LogP contribution in [0.3, 0.4) is 0 Å². The summed E-state index contributed by atoms with van der Waals surface area (Å²) in [6, 6.07) is 17.3. The Morgan fingerprint density at radius 2 is 1.76 bits per heavy atom. The van der Waals surface area contributed by atoms with Crippen molar-refractivity contribution in [3.8, 4) is 5.82 Å². The summed E-state index contributed by atoms with van der Waals surface area (Å²) in [6.07, 6.45) is 7.14. The molecule has 3 aromatic rings. The van der Waals surface area contributed by atoms with Gasteiger partial charge >= 0.3 is 0 Å². The van der Waals surface area contributed by atoms with Crippen molar-refractivity contribution in [2.24, 2.45) is 0 Å². The normalized spacial score (nSPS) is 10.7. The van der Waals surface area contributed by atoms with Gasteiger partial charge in [-0.1, -0.05) is 30.3 Å². The number of rotatable bonds is 7. The van der Waals surface area contributed by atoms with Gasteiger partial charge in [0, 0.05) is 31.6 Å². The number of hydrogen-bond donors (Lipinski definition) is 2. The van der Waals surface area contributed by atoms with Crippen LogP contribution in [-0.4, -0.2) is 33.8 Å². The van der Waals surface area contributed by atoms with Gasteiger partial charge < -0.3 is 15.2 Å². The van der Waals surface area contributed by atoms with E-state index in [1.165, 1.54) is 6.08 Å². The number of carbonyl (C=O) groups is 1. The molecule has 0 bridgehead atoms. The van der Waals surface area contributed by atoms with E-state index in [2.05, 4.69) is 20.8 Å². The third-order valence-electron chi connectivity index (χ3n) is 3.48. The van der Waals surface area contributed by atoms with Gasteiger partial charge in [-0.2, -0.15) is 0 Å². The fraction of sp³-hybridized carbons (Fsp3) is 0.105. The second-order valence-corrected chi connectivity index (χ2v) is 5.33. The highest BCUT2D eigenvalue weighted by Gasteiger charge is 1.99. The standard InChI is InChI=1S/C19H19N5O/c25-19(11-8-16-6-2-1-3-7-16)21-13-12-20-17-9-10-18(23-22-17)24-14-4-5-15-24/h1-11,14-15H,12-13H2,(H,20,22)(H,21,25). The number of aromatic nitrogens is 3. The van der Waals surface area contributed by atoms with Crippen LogP contribution < -0.4 is 10.6 Å². The summed E-state index contributed by atoms with van der Waals surface area (Å²) in [6.45, 7) is 1.07. The van der Waals surface area contributed by atoms with E-state index in [-0.39, 0.29) is 5.91 Å². The zero-order valence-corrected chi connectivity index (χ0v) is 13.7. The van der Waals surface area contributed by atoms with Crippen molar-refractivity contribution in [3.05, 3.63) is 78.6 Å². The fourth-order valence-corrected chi connectivity index (χ4v) is 2.22. The number of carbonyl (C=O) groups excluding carboxylic acids is 1. The second kappa shape index (κ2) is 8.44. The van der Waals surface area contributed by atoms with Gasteiger partial charge in [-0.05, 0) is 35.9 Å². The molecule has 2 aromatic heterocycles. The van der Waals surface area contributed by atoms with Gasteiger partial charge in [0.2, 0.25) is 5.91 Å². The van der Waals surface area contributed by atoms with Gasteiger partial charge in [0.25, 0.3) is 0 Å². The van der Waals surface area contributed by atoms with E-state index in [4.69, 9.17) is 0 Å². The Labute approximate surface area is 146 Å². The zero-order chi connectivity index (χ0) is 17.3. The number of anilines is 1. The molecule has 0 radical (unpaired) electrons. The zero-order valence-electron chi connectivity index (χ0n) is 13.7. The molecule has 2 N–H and O–H groups in total. The molecule has 0 spiro atoms. The van der Waals surface area contributed by atoms with E-state index in [0.29, 0.717) is 18.9 Å². The van der Waals surface area contributed by atoms with Gasteiger partial charge in [0.15, 0.2) is 5.82 Å². The third kappa shape index (κ3) is 5.04. The summed E-state index contributed by atoms with van der Waals surface area (Å²) in [5, 5.41) is 14.2. The van der Waals surface area contributed by atoms with Crippen LogP contribution in [0.25, 0.3) is 11.9 Å². The van der Waals surface area contributed by atoms with Crippen LogP contribution >= 0.6 is 0 Å². The maximum absolute atomic E-state index is 11.7. The van der Waals surface area contributed by atoms with E-state index < -0.39 is 0 Å². The summed E-state index contributed by atoms with van der Waals surface area (Å²) >= 11 is 0.